The first-order valence-corrected chi connectivity index (χ1v) is 13.0. The van der Waals surface area contributed by atoms with Crippen LogP contribution < -0.4 is 4.74 Å². The number of aliphatic imine (C=N–C) groups is 1. The Balaban J connectivity index is 2.00. The lowest BCUT2D eigenvalue weighted by atomic mass is 9.83. The summed E-state index contributed by atoms with van der Waals surface area (Å²) in [5, 5.41) is 8.96. The Morgan fingerprint density at radius 3 is 2.32 bits per heavy atom. The van der Waals surface area contributed by atoms with Crippen molar-refractivity contribution in [3.8, 4) is 5.75 Å². The van der Waals surface area contributed by atoms with E-state index in [0.29, 0.717) is 30.2 Å². The number of carbonyl (C=O) groups excluding carboxylic acids is 2. The number of hydrogen-bond acceptors (Lipinski definition) is 7. The van der Waals surface area contributed by atoms with Gasteiger partial charge in [0.25, 0.3) is 5.91 Å². The van der Waals surface area contributed by atoms with Crippen LogP contribution in [0.15, 0.2) is 58.0 Å². The lowest BCUT2D eigenvalue weighted by Gasteiger charge is -2.33. The Bertz CT molecular complexity index is 1110. The number of carbonyl (C=O) groups is 2. The molecule has 0 saturated carbocycles. The lowest BCUT2D eigenvalue weighted by Crippen LogP contribution is -2.48. The zero-order valence-electron chi connectivity index (χ0n) is 22.0. The summed E-state index contributed by atoms with van der Waals surface area (Å²) in [5.74, 6) is 0.305. The van der Waals surface area contributed by atoms with E-state index in [0.717, 1.165) is 10.0 Å². The second kappa shape index (κ2) is 12.1. The number of halogens is 1. The summed E-state index contributed by atoms with van der Waals surface area (Å²) in [6.45, 7) is 5.89. The van der Waals surface area contributed by atoms with Crippen molar-refractivity contribution in [1.29, 1.82) is 0 Å². The maximum Gasteiger partial charge on any atom is 0.306 e. The Kier molecular flexibility index (Phi) is 9.36. The highest BCUT2D eigenvalue weighted by Gasteiger charge is 2.54. The molecule has 9 heteroatoms. The van der Waals surface area contributed by atoms with Crippen LogP contribution in [0, 0.1) is 0 Å². The quantitative estimate of drug-likeness (QED) is 0.327. The van der Waals surface area contributed by atoms with Crippen molar-refractivity contribution in [3.05, 3.63) is 64.1 Å². The van der Waals surface area contributed by atoms with E-state index in [9.17, 15) is 9.59 Å². The second-order valence-corrected chi connectivity index (χ2v) is 11.0. The molecule has 1 heterocycles. The molecule has 0 bridgehead atoms. The first-order chi connectivity index (χ1) is 17.4. The Morgan fingerprint density at radius 2 is 1.76 bits per heavy atom. The number of likely N-dealkylation sites (N-methyl/N-ethyl adjacent to an activating group) is 1. The molecule has 37 heavy (non-hydrogen) atoms. The molecule has 3 rings (SSSR count). The van der Waals surface area contributed by atoms with Gasteiger partial charge in [0.2, 0.25) is 5.90 Å². The van der Waals surface area contributed by atoms with Gasteiger partial charge in [-0.1, -0.05) is 28.1 Å². The van der Waals surface area contributed by atoms with Crippen LogP contribution in [0.4, 0.5) is 0 Å². The molecule has 0 fully saturated rings. The van der Waals surface area contributed by atoms with Crippen LogP contribution in [0.3, 0.4) is 0 Å². The van der Waals surface area contributed by atoms with E-state index in [4.69, 9.17) is 24.3 Å². The van der Waals surface area contributed by atoms with Crippen LogP contribution in [-0.4, -0.2) is 66.2 Å². The van der Waals surface area contributed by atoms with Gasteiger partial charge in [-0.15, -0.1) is 0 Å². The zero-order valence-corrected chi connectivity index (χ0v) is 23.6. The molecule has 2 aromatic carbocycles. The van der Waals surface area contributed by atoms with E-state index >= 15 is 0 Å². The fourth-order valence-electron chi connectivity index (χ4n) is 4.06. The van der Waals surface area contributed by atoms with E-state index < -0.39 is 23.2 Å². The lowest BCUT2D eigenvalue weighted by molar-refractivity contribution is -0.155. The van der Waals surface area contributed by atoms with Crippen LogP contribution in [0.2, 0.25) is 0 Å². The Hall–Kier alpha value is -2.91. The third-order valence-electron chi connectivity index (χ3n) is 5.72. The monoisotopic (exact) mass is 574 g/mol. The molecule has 1 N–H and O–H groups in total. The number of nitrogens with zero attached hydrogens (tertiary/aromatic N) is 2. The van der Waals surface area contributed by atoms with Crippen molar-refractivity contribution in [2.75, 3.05) is 27.3 Å². The van der Waals surface area contributed by atoms with Gasteiger partial charge in [0.1, 0.15) is 11.4 Å². The highest BCUT2D eigenvalue weighted by atomic mass is 79.9. The van der Waals surface area contributed by atoms with Gasteiger partial charge in [0.05, 0.1) is 6.61 Å². The number of hydrogen-bond donors (Lipinski definition) is 1. The molecular formula is C28H35BrN2O6. The van der Waals surface area contributed by atoms with E-state index in [2.05, 4.69) is 15.9 Å². The molecule has 2 atom stereocenters. The van der Waals surface area contributed by atoms with Gasteiger partial charge in [-0.25, -0.2) is 4.99 Å². The number of amides is 1. The second-order valence-electron chi connectivity index (χ2n) is 10.1. The fourth-order valence-corrected chi connectivity index (χ4v) is 4.33. The maximum absolute atomic E-state index is 13.7. The third kappa shape index (κ3) is 7.32. The number of benzene rings is 2. The number of rotatable bonds is 10. The fraction of sp³-hybridized carbons (Fsp3) is 0.464. The standard InChI is InChI=1S/C28H35BrN2O6/c1-27(2,3)37-23(33)15-16-28(26(34)31(4)5)24(19-7-11-21(29)12-8-19)36-25(30-28)20-9-13-22(14-10-20)35-18-6-17-32/h7-14,24,32H,6,15-18H2,1-5H3/t24-,28-/m1/s1. The summed E-state index contributed by atoms with van der Waals surface area (Å²) in [4.78, 5) is 32.7. The number of aliphatic hydroxyl groups is 1. The van der Waals surface area contributed by atoms with Crippen molar-refractivity contribution in [3.63, 3.8) is 0 Å². The normalized spacial score (nSPS) is 19.1. The number of aliphatic hydroxyl groups excluding tert-OH is 1. The molecule has 0 aromatic heterocycles. The highest BCUT2D eigenvalue weighted by molar-refractivity contribution is 9.10. The van der Waals surface area contributed by atoms with Crippen LogP contribution in [0.25, 0.3) is 0 Å². The van der Waals surface area contributed by atoms with Crippen LogP contribution in [-0.2, 0) is 19.1 Å². The van der Waals surface area contributed by atoms with Crippen LogP contribution >= 0.6 is 15.9 Å². The Labute approximate surface area is 226 Å². The number of esters is 1. The molecule has 0 unspecified atom stereocenters. The van der Waals surface area contributed by atoms with Crippen LogP contribution in [0.5, 0.6) is 5.75 Å². The maximum atomic E-state index is 13.7. The minimum atomic E-state index is -1.36. The van der Waals surface area contributed by atoms with Crippen LogP contribution in [0.1, 0.15) is 57.3 Å². The van der Waals surface area contributed by atoms with Crippen molar-refractivity contribution in [2.24, 2.45) is 4.99 Å². The van der Waals surface area contributed by atoms with E-state index in [1.807, 2.05) is 57.2 Å². The molecular weight excluding hydrogens is 540 g/mol. The molecule has 200 valence electrons. The molecule has 0 aliphatic carbocycles. The first-order valence-electron chi connectivity index (χ1n) is 12.2. The molecule has 1 aliphatic heterocycles. The molecule has 2 aromatic rings. The van der Waals surface area contributed by atoms with Crippen molar-refractivity contribution in [2.45, 2.75) is 57.3 Å². The molecule has 0 saturated heterocycles. The van der Waals surface area contributed by atoms with E-state index in [1.165, 1.54) is 4.90 Å². The minimum Gasteiger partial charge on any atom is -0.494 e. The van der Waals surface area contributed by atoms with Crippen molar-refractivity contribution >= 4 is 33.7 Å². The summed E-state index contributed by atoms with van der Waals surface area (Å²) >= 11 is 3.46. The van der Waals surface area contributed by atoms with Gasteiger partial charge in [-0.3, -0.25) is 9.59 Å². The van der Waals surface area contributed by atoms with Gasteiger partial charge in [-0.2, -0.15) is 0 Å². The third-order valence-corrected chi connectivity index (χ3v) is 6.24. The van der Waals surface area contributed by atoms with Gasteiger partial charge in [0.15, 0.2) is 11.6 Å². The Morgan fingerprint density at radius 1 is 1.11 bits per heavy atom. The summed E-state index contributed by atoms with van der Waals surface area (Å²) < 4.78 is 18.4. The molecule has 0 spiro atoms. The molecule has 1 amide bonds. The largest absolute Gasteiger partial charge is 0.494 e. The predicted octanol–water partition coefficient (Wildman–Crippen LogP) is 4.68. The average molecular weight is 576 g/mol. The molecule has 8 nitrogen and oxygen atoms in total. The smallest absolute Gasteiger partial charge is 0.306 e. The summed E-state index contributed by atoms with van der Waals surface area (Å²) in [6.07, 6.45) is -0.0831. The predicted molar refractivity (Wildman–Crippen MR) is 145 cm³/mol. The summed E-state index contributed by atoms with van der Waals surface area (Å²) in [5.41, 5.74) is -0.546. The molecule has 0 radical (unpaired) electrons. The van der Waals surface area contributed by atoms with Gasteiger partial charge in [-0.05, 0) is 69.2 Å². The molecule has 1 aliphatic rings. The van der Waals surface area contributed by atoms with E-state index in [1.54, 1.807) is 26.2 Å². The zero-order chi connectivity index (χ0) is 27.2. The van der Waals surface area contributed by atoms with Crippen molar-refractivity contribution < 1.29 is 28.9 Å². The van der Waals surface area contributed by atoms with Gasteiger partial charge >= 0.3 is 5.97 Å². The summed E-state index contributed by atoms with van der Waals surface area (Å²) in [6, 6.07) is 14.8. The minimum absolute atomic E-state index is 0.00164. The summed E-state index contributed by atoms with van der Waals surface area (Å²) in [7, 11) is 3.34. The highest BCUT2D eigenvalue weighted by Crippen LogP contribution is 2.44. The SMILES string of the molecule is CN(C)C(=O)[C@]1(CCC(=O)OC(C)(C)C)N=C(c2ccc(OCCCO)cc2)O[C@@H]1c1ccc(Br)cc1. The average Bonchev–Trinajstić information content (AvgIpc) is 3.23. The van der Waals surface area contributed by atoms with Crippen molar-refractivity contribution in [1.82, 2.24) is 4.90 Å². The first kappa shape index (κ1) is 28.7. The van der Waals surface area contributed by atoms with Gasteiger partial charge < -0.3 is 24.2 Å². The van der Waals surface area contributed by atoms with E-state index in [-0.39, 0.29) is 25.4 Å². The number of ether oxygens (including phenoxy) is 3. The van der Waals surface area contributed by atoms with Gasteiger partial charge in [0, 0.05) is 43.6 Å². The topological polar surface area (TPSA) is 97.7 Å².